The van der Waals surface area contributed by atoms with Crippen molar-refractivity contribution in [2.75, 3.05) is 0 Å². The van der Waals surface area contributed by atoms with Gasteiger partial charge in [-0.05, 0) is 53.9 Å². The lowest BCUT2D eigenvalue weighted by Gasteiger charge is -2.10. The summed E-state index contributed by atoms with van der Waals surface area (Å²) in [5.41, 5.74) is 4.82. The van der Waals surface area contributed by atoms with E-state index >= 15 is 0 Å². The monoisotopic (exact) mass is 257 g/mol. The van der Waals surface area contributed by atoms with Crippen molar-refractivity contribution in [1.29, 1.82) is 0 Å². The van der Waals surface area contributed by atoms with E-state index in [-0.39, 0.29) is 0 Å². The molecule has 0 saturated carbocycles. The second-order valence-electron chi connectivity index (χ2n) is 5.42. The Morgan fingerprint density at radius 2 is 1.55 bits per heavy atom. The summed E-state index contributed by atoms with van der Waals surface area (Å²) in [5.74, 6) is 0. The van der Waals surface area contributed by atoms with Gasteiger partial charge in [0.05, 0.1) is 11.0 Å². The number of rotatable bonds is 0. The number of para-hydroxylation sites is 1. The average Bonchev–Trinajstić information content (AvgIpc) is 2.48. The molecule has 0 unspecified atom stereocenters. The van der Waals surface area contributed by atoms with Crippen molar-refractivity contribution in [3.8, 4) is 0 Å². The van der Waals surface area contributed by atoms with Gasteiger partial charge >= 0.3 is 0 Å². The molecule has 0 aliphatic rings. The fourth-order valence-electron chi connectivity index (χ4n) is 2.96. The molecule has 0 saturated heterocycles. The minimum atomic E-state index is 1.06. The highest BCUT2D eigenvalue weighted by atomic mass is 14.7. The Bertz CT molecular complexity index is 967. The van der Waals surface area contributed by atoms with Crippen molar-refractivity contribution in [2.24, 2.45) is 0 Å². The Balaban J connectivity index is 2.28. The van der Waals surface area contributed by atoms with Gasteiger partial charge in [-0.2, -0.15) is 0 Å². The van der Waals surface area contributed by atoms with Crippen molar-refractivity contribution in [2.45, 2.75) is 13.8 Å². The summed E-state index contributed by atoms with van der Waals surface area (Å²) in [6, 6.07) is 19.3. The van der Waals surface area contributed by atoms with E-state index < -0.39 is 0 Å². The maximum Gasteiger partial charge on any atom is 0.0716 e. The van der Waals surface area contributed by atoms with Crippen LogP contribution in [0, 0.1) is 13.8 Å². The Labute approximate surface area is 117 Å². The van der Waals surface area contributed by atoms with E-state index in [1.807, 2.05) is 6.07 Å². The quantitative estimate of drug-likeness (QED) is 0.313. The molecule has 0 amide bonds. The second-order valence-corrected chi connectivity index (χ2v) is 5.42. The third kappa shape index (κ3) is 1.53. The zero-order chi connectivity index (χ0) is 13.7. The number of hydrogen-bond donors (Lipinski definition) is 0. The van der Waals surface area contributed by atoms with Gasteiger partial charge in [-0.25, -0.2) is 4.98 Å². The number of fused-ring (bicyclic) bond motifs is 4. The largest absolute Gasteiger partial charge is 0.248 e. The van der Waals surface area contributed by atoms with Crippen LogP contribution in [-0.4, -0.2) is 4.98 Å². The molecule has 20 heavy (non-hydrogen) atoms. The van der Waals surface area contributed by atoms with Gasteiger partial charge in [0.2, 0.25) is 0 Å². The van der Waals surface area contributed by atoms with Crippen LogP contribution in [-0.2, 0) is 0 Å². The van der Waals surface area contributed by atoms with Crippen LogP contribution in [0.1, 0.15) is 11.1 Å². The summed E-state index contributed by atoms with van der Waals surface area (Å²) in [6.45, 7) is 4.37. The molecule has 0 fully saturated rings. The molecule has 96 valence electrons. The van der Waals surface area contributed by atoms with Crippen LogP contribution in [0.25, 0.3) is 32.6 Å². The summed E-state index contributed by atoms with van der Waals surface area (Å²) in [7, 11) is 0. The number of nitrogens with zero attached hydrogens (tertiary/aromatic N) is 1. The van der Waals surface area contributed by atoms with Gasteiger partial charge in [-0.15, -0.1) is 0 Å². The molecule has 1 heterocycles. The van der Waals surface area contributed by atoms with E-state index in [4.69, 9.17) is 4.98 Å². The van der Waals surface area contributed by atoms with Gasteiger partial charge < -0.3 is 0 Å². The fourth-order valence-corrected chi connectivity index (χ4v) is 2.96. The van der Waals surface area contributed by atoms with Crippen molar-refractivity contribution in [1.82, 2.24) is 4.98 Å². The predicted octanol–water partition coefficient (Wildman–Crippen LogP) is 5.16. The molecule has 1 heteroatoms. The third-order valence-electron chi connectivity index (χ3n) is 4.21. The number of pyridine rings is 1. The first kappa shape index (κ1) is 11.4. The summed E-state index contributed by atoms with van der Waals surface area (Å²) >= 11 is 0. The summed E-state index contributed by atoms with van der Waals surface area (Å²) in [4.78, 5) is 4.80. The first-order valence-corrected chi connectivity index (χ1v) is 6.92. The molecule has 0 aliphatic carbocycles. The Morgan fingerprint density at radius 1 is 0.750 bits per heavy atom. The maximum atomic E-state index is 4.80. The van der Waals surface area contributed by atoms with Crippen LogP contribution >= 0.6 is 0 Å². The normalized spacial score (nSPS) is 11.5. The lowest BCUT2D eigenvalue weighted by atomic mass is 9.96. The van der Waals surface area contributed by atoms with Gasteiger partial charge in [0.25, 0.3) is 0 Å². The van der Waals surface area contributed by atoms with Crippen LogP contribution < -0.4 is 0 Å². The van der Waals surface area contributed by atoms with Gasteiger partial charge in [0.1, 0.15) is 0 Å². The van der Waals surface area contributed by atoms with Crippen LogP contribution in [0.15, 0.2) is 54.6 Å². The van der Waals surface area contributed by atoms with Crippen LogP contribution in [0.3, 0.4) is 0 Å². The predicted molar refractivity (Wildman–Crippen MR) is 86.2 cm³/mol. The molecular weight excluding hydrogens is 242 g/mol. The molecule has 0 radical (unpaired) electrons. The minimum absolute atomic E-state index is 1.06. The average molecular weight is 257 g/mol. The molecule has 0 bridgehead atoms. The molecular formula is C19H15N. The Hall–Kier alpha value is -2.41. The van der Waals surface area contributed by atoms with Gasteiger partial charge in [-0.3, -0.25) is 0 Å². The highest BCUT2D eigenvalue weighted by molar-refractivity contribution is 6.11. The smallest absolute Gasteiger partial charge is 0.0716 e. The number of benzene rings is 3. The molecule has 0 N–H and O–H groups in total. The molecule has 1 aromatic heterocycles. The van der Waals surface area contributed by atoms with Crippen LogP contribution in [0.5, 0.6) is 0 Å². The van der Waals surface area contributed by atoms with Crippen LogP contribution in [0.4, 0.5) is 0 Å². The SMILES string of the molecule is Cc1ccc2ccc3nc4ccccc4cc3c2c1C. The van der Waals surface area contributed by atoms with Gasteiger partial charge in [-0.1, -0.05) is 36.4 Å². The highest BCUT2D eigenvalue weighted by Gasteiger charge is 2.07. The molecule has 4 rings (SSSR count). The molecule has 0 atom stereocenters. The van der Waals surface area contributed by atoms with E-state index in [2.05, 4.69) is 62.4 Å². The van der Waals surface area contributed by atoms with Gasteiger partial charge in [0.15, 0.2) is 0 Å². The van der Waals surface area contributed by atoms with E-state index in [1.165, 1.54) is 32.7 Å². The van der Waals surface area contributed by atoms with Crippen molar-refractivity contribution < 1.29 is 0 Å². The second kappa shape index (κ2) is 4.04. The van der Waals surface area contributed by atoms with Crippen molar-refractivity contribution in [3.63, 3.8) is 0 Å². The Morgan fingerprint density at radius 3 is 2.45 bits per heavy atom. The Kier molecular flexibility index (Phi) is 2.31. The number of aromatic nitrogens is 1. The van der Waals surface area contributed by atoms with E-state index in [1.54, 1.807) is 0 Å². The first-order valence-electron chi connectivity index (χ1n) is 6.92. The summed E-state index contributed by atoms with van der Waals surface area (Å²) in [5, 5.41) is 5.08. The fraction of sp³-hybridized carbons (Fsp3) is 0.105. The molecule has 3 aromatic carbocycles. The van der Waals surface area contributed by atoms with E-state index in [0.717, 1.165) is 11.0 Å². The van der Waals surface area contributed by atoms with Gasteiger partial charge in [0, 0.05) is 10.8 Å². The zero-order valence-corrected chi connectivity index (χ0v) is 11.6. The summed E-state index contributed by atoms with van der Waals surface area (Å²) < 4.78 is 0. The van der Waals surface area contributed by atoms with E-state index in [9.17, 15) is 0 Å². The lowest BCUT2D eigenvalue weighted by molar-refractivity contribution is 1.38. The molecule has 0 spiro atoms. The molecule has 1 nitrogen and oxygen atoms in total. The molecule has 0 aliphatic heterocycles. The van der Waals surface area contributed by atoms with Crippen LogP contribution in [0.2, 0.25) is 0 Å². The zero-order valence-electron chi connectivity index (χ0n) is 11.6. The number of aryl methyl sites for hydroxylation is 2. The summed E-state index contributed by atoms with van der Waals surface area (Å²) in [6.07, 6.45) is 0. The highest BCUT2D eigenvalue weighted by Crippen LogP contribution is 2.30. The first-order chi connectivity index (χ1) is 9.74. The molecule has 4 aromatic rings. The van der Waals surface area contributed by atoms with E-state index in [0.29, 0.717) is 0 Å². The topological polar surface area (TPSA) is 12.9 Å². The minimum Gasteiger partial charge on any atom is -0.248 e. The third-order valence-corrected chi connectivity index (χ3v) is 4.21. The van der Waals surface area contributed by atoms with Crippen molar-refractivity contribution in [3.05, 3.63) is 65.7 Å². The standard InChI is InChI=1S/C19H15N/c1-12-7-8-14-9-10-18-16(19(14)13(12)2)11-15-5-3-4-6-17(15)20-18/h3-11H,1-2H3. The maximum absolute atomic E-state index is 4.80. The van der Waals surface area contributed by atoms with Crippen molar-refractivity contribution >= 4 is 32.6 Å². The number of hydrogen-bond acceptors (Lipinski definition) is 1. The lowest BCUT2D eigenvalue weighted by Crippen LogP contribution is -1.88.